The number of piperidine rings is 1. The lowest BCUT2D eigenvalue weighted by Gasteiger charge is -2.34. The van der Waals surface area contributed by atoms with Gasteiger partial charge in [-0.3, -0.25) is 4.79 Å². The zero-order valence-corrected chi connectivity index (χ0v) is 12.1. The van der Waals surface area contributed by atoms with Gasteiger partial charge in [0.25, 0.3) is 0 Å². The number of likely N-dealkylation sites (tertiary alicyclic amines) is 1. The fraction of sp³-hybridized carbons (Fsp3) is 0.923. The van der Waals surface area contributed by atoms with Crippen LogP contribution in [0.3, 0.4) is 0 Å². The predicted octanol–water partition coefficient (Wildman–Crippen LogP) is 3.45. The van der Waals surface area contributed by atoms with E-state index in [1.165, 1.54) is 19.3 Å². The van der Waals surface area contributed by atoms with Gasteiger partial charge in [0.1, 0.15) is 0 Å². The van der Waals surface area contributed by atoms with Crippen molar-refractivity contribution in [3.05, 3.63) is 0 Å². The fourth-order valence-corrected chi connectivity index (χ4v) is 3.20. The number of rotatable bonds is 5. The van der Waals surface area contributed by atoms with Crippen LogP contribution in [0.4, 0.5) is 0 Å². The summed E-state index contributed by atoms with van der Waals surface area (Å²) < 4.78 is 0. The van der Waals surface area contributed by atoms with Crippen molar-refractivity contribution in [3.63, 3.8) is 0 Å². The molecular formula is C13H24BrNO. The first-order valence-electron chi connectivity index (χ1n) is 6.57. The zero-order chi connectivity index (χ0) is 12.0. The lowest BCUT2D eigenvalue weighted by Crippen LogP contribution is -2.42. The van der Waals surface area contributed by atoms with Crippen molar-refractivity contribution in [1.29, 1.82) is 0 Å². The summed E-state index contributed by atoms with van der Waals surface area (Å²) in [4.78, 5) is 14.3. The summed E-state index contributed by atoms with van der Waals surface area (Å²) in [5, 5.41) is 1.06. The Hall–Kier alpha value is -0.0500. The third-order valence-corrected chi connectivity index (χ3v) is 4.14. The minimum atomic E-state index is 0.253. The summed E-state index contributed by atoms with van der Waals surface area (Å²) in [6.45, 7) is 6.20. The zero-order valence-electron chi connectivity index (χ0n) is 10.5. The van der Waals surface area contributed by atoms with Gasteiger partial charge in [0.2, 0.25) is 5.91 Å². The molecule has 0 spiro atoms. The first kappa shape index (κ1) is 14.0. The van der Waals surface area contributed by atoms with Crippen molar-refractivity contribution in [2.75, 3.05) is 18.4 Å². The van der Waals surface area contributed by atoms with Gasteiger partial charge >= 0.3 is 0 Å². The van der Waals surface area contributed by atoms with E-state index in [1.807, 2.05) is 0 Å². The van der Waals surface area contributed by atoms with E-state index in [2.05, 4.69) is 34.7 Å². The fourth-order valence-electron chi connectivity index (χ4n) is 2.55. The summed E-state index contributed by atoms with van der Waals surface area (Å²) in [5.41, 5.74) is 0. The van der Waals surface area contributed by atoms with E-state index in [4.69, 9.17) is 0 Å². The highest BCUT2D eigenvalue weighted by atomic mass is 79.9. The van der Waals surface area contributed by atoms with Crippen LogP contribution in [0.2, 0.25) is 0 Å². The highest BCUT2D eigenvalue weighted by Crippen LogP contribution is 2.23. The van der Waals surface area contributed by atoms with E-state index in [-0.39, 0.29) is 5.92 Å². The van der Waals surface area contributed by atoms with Crippen LogP contribution in [0.15, 0.2) is 0 Å². The van der Waals surface area contributed by atoms with Gasteiger partial charge in [-0.15, -0.1) is 0 Å². The maximum atomic E-state index is 12.2. The Bertz CT molecular complexity index is 214. The minimum Gasteiger partial charge on any atom is -0.342 e. The van der Waals surface area contributed by atoms with Gasteiger partial charge in [-0.05, 0) is 38.0 Å². The maximum absolute atomic E-state index is 12.2. The topological polar surface area (TPSA) is 20.3 Å². The average molecular weight is 290 g/mol. The monoisotopic (exact) mass is 289 g/mol. The van der Waals surface area contributed by atoms with Gasteiger partial charge in [0.05, 0.1) is 0 Å². The van der Waals surface area contributed by atoms with Crippen molar-refractivity contribution in [2.24, 2.45) is 11.8 Å². The molecule has 16 heavy (non-hydrogen) atoms. The van der Waals surface area contributed by atoms with Crippen molar-refractivity contribution in [1.82, 2.24) is 4.90 Å². The van der Waals surface area contributed by atoms with Gasteiger partial charge in [0, 0.05) is 24.3 Å². The second-order valence-corrected chi connectivity index (χ2v) is 5.58. The SMILES string of the molecule is CCC(CC)C(=O)N1CCCC(CCBr)C1. The van der Waals surface area contributed by atoms with E-state index in [9.17, 15) is 4.79 Å². The first-order chi connectivity index (χ1) is 7.72. The van der Waals surface area contributed by atoms with E-state index < -0.39 is 0 Å². The number of hydrogen-bond acceptors (Lipinski definition) is 1. The summed E-state index contributed by atoms with van der Waals surface area (Å²) in [6, 6.07) is 0. The van der Waals surface area contributed by atoms with Crippen LogP contribution in [0.5, 0.6) is 0 Å². The number of alkyl halides is 1. The van der Waals surface area contributed by atoms with Gasteiger partial charge in [-0.25, -0.2) is 0 Å². The molecule has 1 fully saturated rings. The Labute approximate surface area is 108 Å². The van der Waals surface area contributed by atoms with Gasteiger partial charge in [-0.2, -0.15) is 0 Å². The summed E-state index contributed by atoms with van der Waals surface area (Å²) in [7, 11) is 0. The van der Waals surface area contributed by atoms with Crippen molar-refractivity contribution in [2.45, 2.75) is 46.0 Å². The van der Waals surface area contributed by atoms with Gasteiger partial charge < -0.3 is 4.90 Å². The third kappa shape index (κ3) is 3.76. The Morgan fingerprint density at radius 1 is 1.44 bits per heavy atom. The van der Waals surface area contributed by atoms with Crippen LogP contribution in [0.25, 0.3) is 0 Å². The van der Waals surface area contributed by atoms with Gasteiger partial charge in [-0.1, -0.05) is 29.8 Å². The number of nitrogens with zero attached hydrogens (tertiary/aromatic N) is 1. The number of carbonyl (C=O) groups is 1. The molecule has 0 bridgehead atoms. The second kappa shape index (κ2) is 7.31. The highest BCUT2D eigenvalue weighted by molar-refractivity contribution is 9.09. The molecule has 2 nitrogen and oxygen atoms in total. The van der Waals surface area contributed by atoms with Crippen molar-refractivity contribution >= 4 is 21.8 Å². The molecule has 94 valence electrons. The summed E-state index contributed by atoms with van der Waals surface area (Å²) >= 11 is 3.49. The number of hydrogen-bond donors (Lipinski definition) is 0. The standard InChI is InChI=1S/C13H24BrNO/c1-3-12(4-2)13(16)15-9-5-6-11(10-15)7-8-14/h11-12H,3-10H2,1-2H3. The van der Waals surface area contributed by atoms with E-state index in [1.54, 1.807) is 0 Å². The van der Waals surface area contributed by atoms with Crippen LogP contribution in [-0.2, 0) is 4.79 Å². The molecule has 0 saturated carbocycles. The smallest absolute Gasteiger partial charge is 0.225 e. The van der Waals surface area contributed by atoms with Crippen LogP contribution < -0.4 is 0 Å². The molecule has 1 rings (SSSR count). The predicted molar refractivity (Wildman–Crippen MR) is 71.8 cm³/mol. The first-order valence-corrected chi connectivity index (χ1v) is 7.69. The Morgan fingerprint density at radius 2 is 2.12 bits per heavy atom. The molecule has 1 saturated heterocycles. The van der Waals surface area contributed by atoms with Crippen LogP contribution in [0.1, 0.15) is 46.0 Å². The van der Waals surface area contributed by atoms with Crippen molar-refractivity contribution < 1.29 is 4.79 Å². The summed E-state index contributed by atoms with van der Waals surface area (Å²) in [6.07, 6.45) is 5.64. The largest absolute Gasteiger partial charge is 0.342 e. The second-order valence-electron chi connectivity index (χ2n) is 4.78. The van der Waals surface area contributed by atoms with Crippen LogP contribution >= 0.6 is 15.9 Å². The molecule has 0 radical (unpaired) electrons. The summed E-state index contributed by atoms with van der Waals surface area (Å²) in [5.74, 6) is 1.36. The molecule has 0 aromatic heterocycles. The lowest BCUT2D eigenvalue weighted by atomic mass is 9.93. The molecule has 0 N–H and O–H groups in total. The quantitative estimate of drug-likeness (QED) is 0.710. The van der Waals surface area contributed by atoms with Gasteiger partial charge in [0.15, 0.2) is 0 Å². The third-order valence-electron chi connectivity index (χ3n) is 3.68. The van der Waals surface area contributed by atoms with Crippen LogP contribution in [0, 0.1) is 11.8 Å². The molecule has 1 aliphatic heterocycles. The highest BCUT2D eigenvalue weighted by Gasteiger charge is 2.26. The Kier molecular flexibility index (Phi) is 6.40. The van der Waals surface area contributed by atoms with E-state index in [0.29, 0.717) is 11.8 Å². The average Bonchev–Trinajstić information content (AvgIpc) is 2.31. The number of halogens is 1. The molecule has 0 aliphatic carbocycles. The van der Waals surface area contributed by atoms with Crippen LogP contribution in [-0.4, -0.2) is 29.2 Å². The molecule has 1 unspecified atom stereocenters. The lowest BCUT2D eigenvalue weighted by molar-refractivity contribution is -0.137. The van der Waals surface area contributed by atoms with E-state index >= 15 is 0 Å². The van der Waals surface area contributed by atoms with Crippen molar-refractivity contribution in [3.8, 4) is 0 Å². The maximum Gasteiger partial charge on any atom is 0.225 e. The number of carbonyl (C=O) groups excluding carboxylic acids is 1. The molecule has 0 aromatic rings. The number of amides is 1. The Balaban J connectivity index is 2.49. The Morgan fingerprint density at radius 3 is 2.69 bits per heavy atom. The minimum absolute atomic E-state index is 0.253. The van der Waals surface area contributed by atoms with E-state index in [0.717, 1.165) is 31.3 Å². The molecule has 3 heteroatoms. The molecule has 1 heterocycles. The molecule has 1 amide bonds. The molecule has 1 aliphatic rings. The molecule has 0 aromatic carbocycles. The normalized spacial score (nSPS) is 21.5. The molecule has 1 atom stereocenters. The molecular weight excluding hydrogens is 266 g/mol.